The molecule has 1 aliphatic heterocycles. The highest BCUT2D eigenvalue weighted by molar-refractivity contribution is 9.10. The molecule has 0 aromatic heterocycles. The molecule has 2 aromatic carbocycles. The molecule has 2 N–H and O–H groups in total. The molecule has 0 amide bonds. The molecule has 0 bridgehead atoms. The van der Waals surface area contributed by atoms with Crippen molar-refractivity contribution in [1.82, 2.24) is 0 Å². The van der Waals surface area contributed by atoms with Gasteiger partial charge < -0.3 is 10.5 Å². The molecular formula is C18H12BrClN2O2. The zero-order valence-corrected chi connectivity index (χ0v) is 14.8. The van der Waals surface area contributed by atoms with E-state index in [0.29, 0.717) is 21.9 Å². The molecule has 0 saturated heterocycles. The average molecular weight is 404 g/mol. The molecule has 1 atom stereocenters. The van der Waals surface area contributed by atoms with Crippen molar-refractivity contribution in [3.8, 4) is 11.8 Å². The van der Waals surface area contributed by atoms with Crippen molar-refractivity contribution in [3.63, 3.8) is 0 Å². The first kappa shape index (κ1) is 16.6. The lowest BCUT2D eigenvalue weighted by molar-refractivity contribution is 0.0976. The van der Waals surface area contributed by atoms with Crippen LogP contribution in [0.4, 0.5) is 0 Å². The summed E-state index contributed by atoms with van der Waals surface area (Å²) < 4.78 is 6.37. The minimum atomic E-state index is -0.478. The molecule has 0 spiro atoms. The number of carbonyl (C=O) groups excluding carboxylic acids is 1. The standard InChI is InChI=1S/C18H12BrClN2O2/c19-11-3-1-10(2-4-11)16(23)8-13-14-7-12(20)5-6-17(14)24-18(22)15(13)9-21/h1-7,13H,8,22H2. The monoisotopic (exact) mass is 402 g/mol. The van der Waals surface area contributed by atoms with Gasteiger partial charge in [-0.25, -0.2) is 0 Å². The van der Waals surface area contributed by atoms with Crippen LogP contribution in [0.3, 0.4) is 0 Å². The quantitative estimate of drug-likeness (QED) is 0.763. The lowest BCUT2D eigenvalue weighted by Crippen LogP contribution is -2.22. The number of Topliss-reactive ketones (excluding diaryl/α,β-unsaturated/α-hetero) is 1. The van der Waals surface area contributed by atoms with Gasteiger partial charge in [-0.1, -0.05) is 39.7 Å². The van der Waals surface area contributed by atoms with Gasteiger partial charge in [0.15, 0.2) is 5.78 Å². The Morgan fingerprint density at radius 2 is 2.00 bits per heavy atom. The summed E-state index contributed by atoms with van der Waals surface area (Å²) in [5, 5.41) is 9.94. The summed E-state index contributed by atoms with van der Waals surface area (Å²) in [6.07, 6.45) is 0.113. The van der Waals surface area contributed by atoms with Crippen LogP contribution >= 0.6 is 27.5 Å². The second-order valence-electron chi connectivity index (χ2n) is 5.36. The van der Waals surface area contributed by atoms with E-state index < -0.39 is 5.92 Å². The van der Waals surface area contributed by atoms with Crippen molar-refractivity contribution in [1.29, 1.82) is 5.26 Å². The maximum absolute atomic E-state index is 12.6. The summed E-state index contributed by atoms with van der Waals surface area (Å²) in [6.45, 7) is 0. The zero-order valence-electron chi connectivity index (χ0n) is 12.4. The van der Waals surface area contributed by atoms with Gasteiger partial charge in [0, 0.05) is 33.0 Å². The molecular weight excluding hydrogens is 392 g/mol. The Kier molecular flexibility index (Phi) is 4.61. The van der Waals surface area contributed by atoms with E-state index in [-0.39, 0.29) is 23.7 Å². The largest absolute Gasteiger partial charge is 0.440 e. The number of hydrogen-bond acceptors (Lipinski definition) is 4. The van der Waals surface area contributed by atoms with Gasteiger partial charge in [-0.15, -0.1) is 0 Å². The summed E-state index contributed by atoms with van der Waals surface area (Å²) >= 11 is 9.41. The van der Waals surface area contributed by atoms with Gasteiger partial charge in [0.1, 0.15) is 11.8 Å². The third-order valence-electron chi connectivity index (χ3n) is 3.86. The van der Waals surface area contributed by atoms with E-state index in [1.807, 2.05) is 0 Å². The number of nitriles is 1. The number of hydrogen-bond donors (Lipinski definition) is 1. The molecule has 1 heterocycles. The van der Waals surface area contributed by atoms with Crippen molar-refractivity contribution < 1.29 is 9.53 Å². The van der Waals surface area contributed by atoms with Crippen molar-refractivity contribution in [2.24, 2.45) is 5.73 Å². The number of ether oxygens (including phenoxy) is 1. The van der Waals surface area contributed by atoms with Crippen molar-refractivity contribution in [2.75, 3.05) is 0 Å². The Labute approximate surface area is 152 Å². The van der Waals surface area contributed by atoms with Crippen LogP contribution < -0.4 is 10.5 Å². The number of rotatable bonds is 3. The van der Waals surface area contributed by atoms with Crippen LogP contribution in [-0.2, 0) is 0 Å². The van der Waals surface area contributed by atoms with E-state index >= 15 is 0 Å². The summed E-state index contributed by atoms with van der Waals surface area (Å²) in [6, 6.07) is 14.2. The summed E-state index contributed by atoms with van der Waals surface area (Å²) in [5.74, 6) is -0.0140. The fraction of sp³-hybridized carbons (Fsp3) is 0.111. The molecule has 0 fully saturated rings. The maximum Gasteiger partial charge on any atom is 0.205 e. The smallest absolute Gasteiger partial charge is 0.205 e. The average Bonchev–Trinajstić information content (AvgIpc) is 2.56. The maximum atomic E-state index is 12.6. The first-order valence-electron chi connectivity index (χ1n) is 7.15. The molecule has 24 heavy (non-hydrogen) atoms. The minimum Gasteiger partial charge on any atom is -0.440 e. The zero-order chi connectivity index (χ0) is 17.3. The highest BCUT2D eigenvalue weighted by Crippen LogP contribution is 2.41. The third kappa shape index (κ3) is 3.16. The van der Waals surface area contributed by atoms with E-state index in [9.17, 15) is 10.1 Å². The molecule has 1 unspecified atom stereocenters. The van der Waals surface area contributed by atoms with E-state index in [0.717, 1.165) is 4.47 Å². The van der Waals surface area contributed by atoms with Gasteiger partial charge in [-0.3, -0.25) is 4.79 Å². The summed E-state index contributed by atoms with van der Waals surface area (Å²) in [7, 11) is 0. The minimum absolute atomic E-state index is 0.0286. The van der Waals surface area contributed by atoms with E-state index in [2.05, 4.69) is 22.0 Å². The van der Waals surface area contributed by atoms with Gasteiger partial charge in [0.2, 0.25) is 5.88 Å². The predicted molar refractivity (Wildman–Crippen MR) is 94.7 cm³/mol. The number of carbonyl (C=O) groups is 1. The summed E-state index contributed by atoms with van der Waals surface area (Å²) in [5.41, 5.74) is 7.36. The first-order valence-corrected chi connectivity index (χ1v) is 8.32. The van der Waals surface area contributed by atoms with Gasteiger partial charge in [0.25, 0.3) is 0 Å². The van der Waals surface area contributed by atoms with Crippen molar-refractivity contribution >= 4 is 33.3 Å². The Morgan fingerprint density at radius 3 is 2.67 bits per heavy atom. The molecule has 0 aliphatic carbocycles. The second-order valence-corrected chi connectivity index (χ2v) is 6.71. The number of halogens is 2. The molecule has 1 aliphatic rings. The fourth-order valence-electron chi connectivity index (χ4n) is 2.67. The van der Waals surface area contributed by atoms with E-state index in [1.54, 1.807) is 42.5 Å². The van der Waals surface area contributed by atoms with Crippen LogP contribution in [0.25, 0.3) is 0 Å². The normalized spacial score (nSPS) is 16.1. The number of fused-ring (bicyclic) bond motifs is 1. The fourth-order valence-corrected chi connectivity index (χ4v) is 3.11. The molecule has 4 nitrogen and oxygen atoms in total. The van der Waals surface area contributed by atoms with Gasteiger partial charge >= 0.3 is 0 Å². The first-order chi connectivity index (χ1) is 11.5. The molecule has 2 aromatic rings. The Morgan fingerprint density at radius 1 is 1.29 bits per heavy atom. The predicted octanol–water partition coefficient (Wildman–Crippen LogP) is 4.55. The van der Waals surface area contributed by atoms with Crippen LogP contribution in [-0.4, -0.2) is 5.78 Å². The van der Waals surface area contributed by atoms with E-state index in [1.165, 1.54) is 0 Å². The molecule has 120 valence electrons. The van der Waals surface area contributed by atoms with Crippen molar-refractivity contribution in [2.45, 2.75) is 12.3 Å². The van der Waals surface area contributed by atoms with E-state index in [4.69, 9.17) is 22.1 Å². The number of nitrogens with zero attached hydrogens (tertiary/aromatic N) is 1. The molecule has 0 saturated carbocycles. The van der Waals surface area contributed by atoms with Crippen LogP contribution in [0.2, 0.25) is 5.02 Å². The second kappa shape index (κ2) is 6.68. The van der Waals surface area contributed by atoms with Crippen molar-refractivity contribution in [3.05, 3.63) is 74.5 Å². The number of benzene rings is 2. The Hall–Kier alpha value is -2.29. The molecule has 0 radical (unpaired) electrons. The van der Waals surface area contributed by atoms with Gasteiger partial charge in [-0.2, -0.15) is 5.26 Å². The third-order valence-corrected chi connectivity index (χ3v) is 4.62. The Bertz CT molecular complexity index is 885. The Balaban J connectivity index is 1.99. The number of nitrogens with two attached hydrogens (primary N) is 1. The van der Waals surface area contributed by atoms with Gasteiger partial charge in [-0.05, 0) is 30.3 Å². The highest BCUT2D eigenvalue weighted by atomic mass is 79.9. The lowest BCUT2D eigenvalue weighted by atomic mass is 9.84. The topological polar surface area (TPSA) is 76.1 Å². The molecule has 3 rings (SSSR count). The summed E-state index contributed by atoms with van der Waals surface area (Å²) in [4.78, 5) is 12.6. The molecule has 6 heteroatoms. The lowest BCUT2D eigenvalue weighted by Gasteiger charge is -2.25. The highest BCUT2D eigenvalue weighted by Gasteiger charge is 2.31. The SMILES string of the molecule is N#CC1=C(N)Oc2ccc(Cl)cc2C1CC(=O)c1ccc(Br)cc1. The van der Waals surface area contributed by atoms with Crippen LogP contribution in [0, 0.1) is 11.3 Å². The van der Waals surface area contributed by atoms with Crippen LogP contribution in [0.5, 0.6) is 5.75 Å². The van der Waals surface area contributed by atoms with Gasteiger partial charge in [0.05, 0.1) is 5.57 Å². The number of ketones is 1. The number of allylic oxidation sites excluding steroid dienone is 1. The van der Waals surface area contributed by atoms with Crippen LogP contribution in [0.15, 0.2) is 58.4 Å². The van der Waals surface area contributed by atoms with Crippen LogP contribution in [0.1, 0.15) is 28.3 Å².